The zero-order valence-corrected chi connectivity index (χ0v) is 14.3. The molecule has 4 nitrogen and oxygen atoms in total. The molecule has 1 saturated carbocycles. The number of sulfonamides is 1. The van der Waals surface area contributed by atoms with Crippen molar-refractivity contribution in [3.63, 3.8) is 0 Å². The Morgan fingerprint density at radius 3 is 2.62 bits per heavy atom. The second kappa shape index (κ2) is 7.72. The molecule has 0 amide bonds. The van der Waals surface area contributed by atoms with Crippen LogP contribution in [0, 0.1) is 5.92 Å². The SMILES string of the molecule is CCCC1CCC(NS(=O)(=O)c2ccc(CCN)s2)CC1. The van der Waals surface area contributed by atoms with Gasteiger partial charge in [0.15, 0.2) is 0 Å². The Balaban J connectivity index is 1.92. The summed E-state index contributed by atoms with van der Waals surface area (Å²) in [6, 6.07) is 3.66. The smallest absolute Gasteiger partial charge is 0.250 e. The summed E-state index contributed by atoms with van der Waals surface area (Å²) in [7, 11) is -3.36. The molecule has 1 aliphatic rings. The Morgan fingerprint density at radius 1 is 1.29 bits per heavy atom. The highest BCUT2D eigenvalue weighted by molar-refractivity contribution is 7.91. The Morgan fingerprint density at radius 2 is 2.00 bits per heavy atom. The number of hydrogen-bond donors (Lipinski definition) is 2. The standard InChI is InChI=1S/C15H26N2O2S2/c1-2-3-12-4-6-13(7-5-12)17-21(18,19)15-9-8-14(20-15)10-11-16/h8-9,12-13,17H,2-7,10-11,16H2,1H3. The minimum absolute atomic E-state index is 0.100. The summed E-state index contributed by atoms with van der Waals surface area (Å²) < 4.78 is 28.1. The van der Waals surface area contributed by atoms with Crippen molar-refractivity contribution in [2.24, 2.45) is 11.7 Å². The van der Waals surface area contributed by atoms with Gasteiger partial charge in [0.1, 0.15) is 4.21 Å². The molecule has 120 valence electrons. The van der Waals surface area contributed by atoms with Crippen LogP contribution in [0.1, 0.15) is 50.3 Å². The van der Waals surface area contributed by atoms with E-state index in [0.29, 0.717) is 10.8 Å². The van der Waals surface area contributed by atoms with Crippen molar-refractivity contribution in [2.75, 3.05) is 6.54 Å². The Bertz CT molecular complexity index is 532. The third kappa shape index (κ3) is 4.77. The van der Waals surface area contributed by atoms with Gasteiger partial charge in [-0.1, -0.05) is 19.8 Å². The van der Waals surface area contributed by atoms with Crippen molar-refractivity contribution in [2.45, 2.75) is 62.1 Å². The van der Waals surface area contributed by atoms with E-state index in [2.05, 4.69) is 11.6 Å². The number of thiophene rings is 1. The largest absolute Gasteiger partial charge is 0.330 e. The van der Waals surface area contributed by atoms with Crippen LogP contribution in [0.15, 0.2) is 16.3 Å². The maximum absolute atomic E-state index is 12.4. The minimum Gasteiger partial charge on any atom is -0.330 e. The molecule has 0 aliphatic heterocycles. The molecule has 3 N–H and O–H groups in total. The highest BCUT2D eigenvalue weighted by Crippen LogP contribution is 2.29. The van der Waals surface area contributed by atoms with Gasteiger partial charge in [0, 0.05) is 10.9 Å². The van der Waals surface area contributed by atoms with Crippen LogP contribution in [0.4, 0.5) is 0 Å². The summed E-state index contributed by atoms with van der Waals surface area (Å²) in [5.41, 5.74) is 5.51. The molecule has 0 unspecified atom stereocenters. The average molecular weight is 331 g/mol. The number of rotatable bonds is 7. The molecule has 1 aromatic rings. The quantitative estimate of drug-likeness (QED) is 0.807. The van der Waals surface area contributed by atoms with Crippen molar-refractivity contribution in [3.05, 3.63) is 17.0 Å². The maximum Gasteiger partial charge on any atom is 0.250 e. The van der Waals surface area contributed by atoms with Gasteiger partial charge in [0.25, 0.3) is 0 Å². The van der Waals surface area contributed by atoms with Gasteiger partial charge in [-0.05, 0) is 56.7 Å². The lowest BCUT2D eigenvalue weighted by Gasteiger charge is -2.28. The molecule has 1 fully saturated rings. The van der Waals surface area contributed by atoms with E-state index in [4.69, 9.17) is 5.73 Å². The molecule has 2 rings (SSSR count). The zero-order valence-electron chi connectivity index (χ0n) is 12.7. The summed E-state index contributed by atoms with van der Waals surface area (Å²) in [5, 5.41) is 0. The molecule has 0 radical (unpaired) electrons. The van der Waals surface area contributed by atoms with Crippen LogP contribution in [-0.4, -0.2) is 21.0 Å². The number of nitrogens with one attached hydrogen (secondary N) is 1. The first kappa shape index (κ1) is 16.9. The number of nitrogens with two attached hydrogens (primary N) is 1. The van der Waals surface area contributed by atoms with Gasteiger partial charge in [0.05, 0.1) is 0 Å². The fourth-order valence-corrected chi connectivity index (χ4v) is 5.73. The topological polar surface area (TPSA) is 72.2 Å². The molecule has 21 heavy (non-hydrogen) atoms. The van der Waals surface area contributed by atoms with Crippen LogP contribution in [-0.2, 0) is 16.4 Å². The summed E-state index contributed by atoms with van der Waals surface area (Å²) in [5.74, 6) is 0.786. The van der Waals surface area contributed by atoms with E-state index in [1.54, 1.807) is 6.07 Å². The van der Waals surface area contributed by atoms with Crippen molar-refractivity contribution in [1.82, 2.24) is 4.72 Å². The van der Waals surface area contributed by atoms with Gasteiger partial charge in [-0.3, -0.25) is 0 Å². The van der Waals surface area contributed by atoms with Crippen molar-refractivity contribution in [3.8, 4) is 0 Å². The second-order valence-corrected chi connectivity index (χ2v) is 9.00. The normalized spacial score (nSPS) is 23.3. The van der Waals surface area contributed by atoms with Gasteiger partial charge in [-0.25, -0.2) is 13.1 Å². The van der Waals surface area contributed by atoms with Gasteiger partial charge in [0.2, 0.25) is 10.0 Å². The average Bonchev–Trinajstić information content (AvgIpc) is 2.91. The van der Waals surface area contributed by atoms with E-state index in [0.717, 1.165) is 42.9 Å². The van der Waals surface area contributed by atoms with Crippen LogP contribution in [0.5, 0.6) is 0 Å². The maximum atomic E-state index is 12.4. The first-order valence-electron chi connectivity index (χ1n) is 7.86. The Kier molecular flexibility index (Phi) is 6.22. The lowest BCUT2D eigenvalue weighted by atomic mass is 9.84. The van der Waals surface area contributed by atoms with Crippen LogP contribution >= 0.6 is 11.3 Å². The summed E-state index contributed by atoms with van der Waals surface area (Å²) >= 11 is 1.33. The summed E-state index contributed by atoms with van der Waals surface area (Å²) in [6.07, 6.45) is 7.44. The van der Waals surface area contributed by atoms with Crippen molar-refractivity contribution in [1.29, 1.82) is 0 Å². The van der Waals surface area contributed by atoms with E-state index in [1.807, 2.05) is 6.07 Å². The first-order valence-corrected chi connectivity index (χ1v) is 10.2. The van der Waals surface area contributed by atoms with E-state index < -0.39 is 10.0 Å². The molecule has 0 aromatic carbocycles. The third-order valence-electron chi connectivity index (χ3n) is 4.16. The molecule has 0 bridgehead atoms. The molecule has 1 heterocycles. The molecule has 1 aliphatic carbocycles. The highest BCUT2D eigenvalue weighted by Gasteiger charge is 2.26. The fraction of sp³-hybridized carbons (Fsp3) is 0.733. The van der Waals surface area contributed by atoms with Crippen LogP contribution in [0.2, 0.25) is 0 Å². The monoisotopic (exact) mass is 330 g/mol. The summed E-state index contributed by atoms with van der Waals surface area (Å²) in [6.45, 7) is 2.76. The minimum atomic E-state index is -3.36. The molecular weight excluding hydrogens is 304 g/mol. The second-order valence-electron chi connectivity index (χ2n) is 5.89. The number of hydrogen-bond acceptors (Lipinski definition) is 4. The lowest BCUT2D eigenvalue weighted by molar-refractivity contribution is 0.297. The van der Waals surface area contributed by atoms with E-state index >= 15 is 0 Å². The Hall–Kier alpha value is -0.430. The third-order valence-corrected chi connectivity index (χ3v) is 7.32. The van der Waals surface area contributed by atoms with Crippen molar-refractivity contribution >= 4 is 21.4 Å². The van der Waals surface area contributed by atoms with E-state index in [-0.39, 0.29) is 6.04 Å². The molecule has 6 heteroatoms. The molecular formula is C15H26N2O2S2. The van der Waals surface area contributed by atoms with Gasteiger partial charge < -0.3 is 5.73 Å². The molecule has 0 spiro atoms. The van der Waals surface area contributed by atoms with Gasteiger partial charge in [-0.2, -0.15) is 0 Å². The lowest BCUT2D eigenvalue weighted by Crippen LogP contribution is -2.37. The predicted octanol–water partition coefficient (Wildman–Crippen LogP) is 2.89. The van der Waals surface area contributed by atoms with Crippen LogP contribution < -0.4 is 10.5 Å². The van der Waals surface area contributed by atoms with Crippen LogP contribution in [0.25, 0.3) is 0 Å². The van der Waals surface area contributed by atoms with E-state index in [9.17, 15) is 8.42 Å². The summed E-state index contributed by atoms with van der Waals surface area (Å²) in [4.78, 5) is 1.03. The van der Waals surface area contributed by atoms with Crippen molar-refractivity contribution < 1.29 is 8.42 Å². The van der Waals surface area contributed by atoms with Gasteiger partial charge >= 0.3 is 0 Å². The Labute approximate surface area is 132 Å². The predicted molar refractivity (Wildman–Crippen MR) is 88.1 cm³/mol. The fourth-order valence-electron chi connectivity index (χ4n) is 3.03. The van der Waals surface area contributed by atoms with E-state index in [1.165, 1.54) is 24.2 Å². The molecule has 0 atom stereocenters. The highest BCUT2D eigenvalue weighted by atomic mass is 32.2. The van der Waals surface area contributed by atoms with Crippen LogP contribution in [0.3, 0.4) is 0 Å². The first-order chi connectivity index (χ1) is 10.0. The molecule has 1 aromatic heterocycles. The van der Waals surface area contributed by atoms with Gasteiger partial charge in [-0.15, -0.1) is 11.3 Å². The molecule has 0 saturated heterocycles. The zero-order chi connectivity index (χ0) is 15.3.